The van der Waals surface area contributed by atoms with Crippen LogP contribution in [0.3, 0.4) is 0 Å². The van der Waals surface area contributed by atoms with Gasteiger partial charge in [0.15, 0.2) is 11.4 Å². The Labute approximate surface area is 174 Å². The monoisotopic (exact) mass is 417 g/mol. The molecule has 30 heavy (non-hydrogen) atoms. The van der Waals surface area contributed by atoms with E-state index in [1.807, 2.05) is 6.92 Å². The van der Waals surface area contributed by atoms with Crippen LogP contribution in [0.2, 0.25) is 0 Å². The van der Waals surface area contributed by atoms with Crippen LogP contribution < -0.4 is 5.32 Å². The van der Waals surface area contributed by atoms with Gasteiger partial charge in [-0.1, -0.05) is 20.8 Å². The maximum Gasteiger partial charge on any atom is 0.305 e. The van der Waals surface area contributed by atoms with Crippen molar-refractivity contribution in [3.05, 3.63) is 24.2 Å². The van der Waals surface area contributed by atoms with Gasteiger partial charge in [0.2, 0.25) is 5.91 Å². The summed E-state index contributed by atoms with van der Waals surface area (Å²) in [6.45, 7) is 5.08. The van der Waals surface area contributed by atoms with Crippen LogP contribution in [0.15, 0.2) is 18.5 Å². The zero-order chi connectivity index (χ0) is 22.3. The summed E-state index contributed by atoms with van der Waals surface area (Å²) in [5.74, 6) is -0.687. The fourth-order valence-electron chi connectivity index (χ4n) is 2.98. The smallest absolute Gasteiger partial charge is 0.305 e. The molecule has 2 aromatic rings. The van der Waals surface area contributed by atoms with Gasteiger partial charge in [0.1, 0.15) is 17.9 Å². The van der Waals surface area contributed by atoms with Crippen LogP contribution in [0.1, 0.15) is 52.1 Å². The minimum Gasteiger partial charge on any atom is -0.481 e. The second-order valence-electron chi connectivity index (χ2n) is 7.32. The molecule has 10 heteroatoms. The molecule has 1 fully saturated rings. The SMILES string of the molecule is CC(C)C(=O)O.CCCC(=O)Nc1ncnn2c(C3(C#N)CCC(CO)O3)ccc12. The lowest BCUT2D eigenvalue weighted by molar-refractivity contribution is -0.140. The van der Waals surface area contributed by atoms with Crippen molar-refractivity contribution in [1.29, 1.82) is 5.26 Å². The van der Waals surface area contributed by atoms with Gasteiger partial charge in [-0.05, 0) is 31.4 Å². The number of nitrogens with one attached hydrogen (secondary N) is 1. The maximum atomic E-state index is 11.8. The van der Waals surface area contributed by atoms with E-state index in [4.69, 9.17) is 9.84 Å². The van der Waals surface area contributed by atoms with Gasteiger partial charge in [0.25, 0.3) is 0 Å². The molecule has 3 heterocycles. The predicted octanol–water partition coefficient (Wildman–Crippen LogP) is 2.09. The van der Waals surface area contributed by atoms with E-state index in [1.165, 1.54) is 6.33 Å². The molecule has 0 aliphatic carbocycles. The normalized spacial score (nSPS) is 20.5. The molecule has 10 nitrogen and oxygen atoms in total. The van der Waals surface area contributed by atoms with Crippen LogP contribution in [-0.2, 0) is 19.9 Å². The molecule has 1 aliphatic heterocycles. The summed E-state index contributed by atoms with van der Waals surface area (Å²) in [4.78, 5) is 25.7. The number of hydrogen-bond acceptors (Lipinski definition) is 7. The summed E-state index contributed by atoms with van der Waals surface area (Å²) in [5, 5.41) is 33.9. The summed E-state index contributed by atoms with van der Waals surface area (Å²) < 4.78 is 7.35. The summed E-state index contributed by atoms with van der Waals surface area (Å²) in [6.07, 6.45) is 3.20. The highest BCUT2D eigenvalue weighted by atomic mass is 16.5. The predicted molar refractivity (Wildman–Crippen MR) is 107 cm³/mol. The van der Waals surface area contributed by atoms with Crippen molar-refractivity contribution in [2.45, 2.75) is 58.2 Å². The van der Waals surface area contributed by atoms with Gasteiger partial charge in [0, 0.05) is 6.42 Å². The Morgan fingerprint density at radius 1 is 1.47 bits per heavy atom. The standard InChI is InChI=1S/C16H19N5O3.C4H8O2/c1-2-3-14(23)20-15-12-4-5-13(21(12)19-10-18-15)16(9-17)7-6-11(8-22)24-16;1-3(2)4(5)6/h4-5,10-11,22H,2-3,6-8H2,1H3,(H,18,19,20,23);3H,1-2H3,(H,5,6). The molecule has 2 aromatic heterocycles. The number of carbonyl (C=O) groups is 2. The second kappa shape index (κ2) is 10.1. The van der Waals surface area contributed by atoms with E-state index in [9.17, 15) is 20.0 Å². The lowest BCUT2D eigenvalue weighted by Crippen LogP contribution is -2.28. The number of aliphatic hydroxyl groups is 1. The number of rotatable bonds is 6. The number of carbonyl (C=O) groups excluding carboxylic acids is 1. The Hall–Kier alpha value is -3.03. The molecule has 1 amide bonds. The summed E-state index contributed by atoms with van der Waals surface area (Å²) in [7, 11) is 0. The van der Waals surface area contributed by atoms with E-state index in [0.717, 1.165) is 6.42 Å². The molecule has 0 saturated carbocycles. The number of aliphatic hydroxyl groups excluding tert-OH is 1. The summed E-state index contributed by atoms with van der Waals surface area (Å²) in [5.41, 5.74) is 0.0192. The van der Waals surface area contributed by atoms with Gasteiger partial charge < -0.3 is 20.3 Å². The molecule has 1 saturated heterocycles. The van der Waals surface area contributed by atoms with Crippen LogP contribution in [-0.4, -0.2) is 49.4 Å². The van der Waals surface area contributed by atoms with Gasteiger partial charge in [-0.15, -0.1) is 0 Å². The third-order valence-electron chi connectivity index (χ3n) is 4.67. The molecular weight excluding hydrogens is 390 g/mol. The number of aromatic nitrogens is 3. The second-order valence-corrected chi connectivity index (χ2v) is 7.32. The number of ether oxygens (including phenoxy) is 1. The highest BCUT2D eigenvalue weighted by Gasteiger charge is 2.44. The average Bonchev–Trinajstić information content (AvgIpc) is 3.34. The molecule has 0 spiro atoms. The Kier molecular flexibility index (Phi) is 7.86. The van der Waals surface area contributed by atoms with Crippen LogP contribution in [0.25, 0.3) is 5.52 Å². The number of anilines is 1. The van der Waals surface area contributed by atoms with Crippen LogP contribution in [0.5, 0.6) is 0 Å². The fourth-order valence-corrected chi connectivity index (χ4v) is 2.98. The first-order valence-electron chi connectivity index (χ1n) is 9.83. The third kappa shape index (κ3) is 5.11. The van der Waals surface area contributed by atoms with Crippen LogP contribution in [0.4, 0.5) is 5.82 Å². The van der Waals surface area contributed by atoms with Gasteiger partial charge in [-0.3, -0.25) is 9.59 Å². The molecular formula is C20H27N5O5. The minimum atomic E-state index is -1.15. The zero-order valence-corrected chi connectivity index (χ0v) is 17.3. The van der Waals surface area contributed by atoms with Gasteiger partial charge in [-0.25, -0.2) is 9.50 Å². The molecule has 0 bridgehead atoms. The number of carboxylic acids is 1. The van der Waals surface area contributed by atoms with Gasteiger partial charge >= 0.3 is 5.97 Å². The van der Waals surface area contributed by atoms with Crippen molar-refractivity contribution in [1.82, 2.24) is 14.6 Å². The average molecular weight is 417 g/mol. The third-order valence-corrected chi connectivity index (χ3v) is 4.67. The summed E-state index contributed by atoms with van der Waals surface area (Å²) >= 11 is 0. The minimum absolute atomic E-state index is 0.117. The first-order valence-corrected chi connectivity index (χ1v) is 9.83. The molecule has 0 aromatic carbocycles. The number of carboxylic acid groups (broad SMARTS) is 1. The van der Waals surface area contributed by atoms with E-state index in [-0.39, 0.29) is 24.5 Å². The van der Waals surface area contributed by atoms with Crippen LogP contribution in [0, 0.1) is 17.2 Å². The molecule has 162 valence electrons. The van der Waals surface area contributed by atoms with Crippen molar-refractivity contribution in [2.75, 3.05) is 11.9 Å². The van der Waals surface area contributed by atoms with Gasteiger partial charge in [0.05, 0.1) is 24.3 Å². The topological polar surface area (TPSA) is 150 Å². The van der Waals surface area contributed by atoms with E-state index >= 15 is 0 Å². The van der Waals surface area contributed by atoms with Crippen LogP contribution >= 0.6 is 0 Å². The quantitative estimate of drug-likeness (QED) is 0.646. The van der Waals surface area contributed by atoms with Crippen molar-refractivity contribution < 1.29 is 24.5 Å². The fraction of sp³-hybridized carbons (Fsp3) is 0.550. The van der Waals surface area contributed by atoms with Crippen molar-refractivity contribution in [3.63, 3.8) is 0 Å². The molecule has 2 unspecified atom stereocenters. The number of hydrogen-bond donors (Lipinski definition) is 3. The number of aliphatic carboxylic acids is 1. The van der Waals surface area contributed by atoms with E-state index < -0.39 is 11.6 Å². The Morgan fingerprint density at radius 2 is 2.17 bits per heavy atom. The molecule has 1 aliphatic rings. The van der Waals surface area contributed by atoms with Gasteiger partial charge in [-0.2, -0.15) is 10.4 Å². The molecule has 2 atom stereocenters. The molecule has 3 rings (SSSR count). The number of amides is 1. The highest BCUT2D eigenvalue weighted by molar-refractivity contribution is 5.93. The lowest BCUT2D eigenvalue weighted by atomic mass is 9.98. The van der Waals surface area contributed by atoms with Crippen molar-refractivity contribution in [2.24, 2.45) is 5.92 Å². The first-order chi connectivity index (χ1) is 14.3. The van der Waals surface area contributed by atoms with E-state index in [1.54, 1.807) is 30.5 Å². The first kappa shape index (κ1) is 23.3. The van der Waals surface area contributed by atoms with E-state index in [0.29, 0.717) is 36.3 Å². The Bertz CT molecular complexity index is 935. The largest absolute Gasteiger partial charge is 0.481 e. The lowest BCUT2D eigenvalue weighted by Gasteiger charge is -2.21. The van der Waals surface area contributed by atoms with Crippen molar-refractivity contribution >= 4 is 23.2 Å². The number of nitriles is 1. The maximum absolute atomic E-state index is 11.8. The molecule has 0 radical (unpaired) electrons. The Balaban J connectivity index is 0.000000469. The summed E-state index contributed by atoms with van der Waals surface area (Å²) in [6, 6.07) is 5.72. The zero-order valence-electron chi connectivity index (χ0n) is 17.3. The Morgan fingerprint density at radius 3 is 2.70 bits per heavy atom. The number of fused-ring (bicyclic) bond motifs is 1. The molecule has 3 N–H and O–H groups in total. The number of nitrogens with zero attached hydrogens (tertiary/aromatic N) is 4. The highest BCUT2D eigenvalue weighted by Crippen LogP contribution is 2.39. The van der Waals surface area contributed by atoms with E-state index in [2.05, 4.69) is 21.5 Å². The van der Waals surface area contributed by atoms with Crippen molar-refractivity contribution in [3.8, 4) is 6.07 Å².